The monoisotopic (exact) mass is 314 g/mol. The van der Waals surface area contributed by atoms with Crippen LogP contribution < -0.4 is 0 Å². The molecule has 2 heterocycles. The van der Waals surface area contributed by atoms with Gasteiger partial charge in [-0.25, -0.2) is 4.98 Å². The molecule has 0 saturated carbocycles. The molecule has 1 N–H and O–H groups in total. The Hall–Kier alpha value is -0.520. The Labute approximate surface area is 112 Å². The second kappa shape index (κ2) is 5.21. The molecule has 0 saturated heterocycles. The number of aromatic amines is 1. The SMILES string of the molecule is CCCc1cc(=S)nc(-c2ccc(Br)s2)[nH]1. The highest BCUT2D eigenvalue weighted by Gasteiger charge is 2.04. The average molecular weight is 315 g/mol. The van der Waals surface area contributed by atoms with Gasteiger partial charge < -0.3 is 4.98 Å². The van der Waals surface area contributed by atoms with Crippen LogP contribution in [0.25, 0.3) is 10.7 Å². The van der Waals surface area contributed by atoms with E-state index >= 15 is 0 Å². The highest BCUT2D eigenvalue weighted by molar-refractivity contribution is 9.11. The number of H-pyrrole nitrogens is 1. The summed E-state index contributed by atoms with van der Waals surface area (Å²) < 4.78 is 1.76. The molecular formula is C11H11BrN2S2. The fourth-order valence-corrected chi connectivity index (χ4v) is 3.03. The molecule has 0 radical (unpaired) electrons. The van der Waals surface area contributed by atoms with Crippen molar-refractivity contribution >= 4 is 39.5 Å². The summed E-state index contributed by atoms with van der Waals surface area (Å²) in [5, 5.41) is 0. The quantitative estimate of drug-likeness (QED) is 0.840. The lowest BCUT2D eigenvalue weighted by atomic mass is 10.2. The summed E-state index contributed by atoms with van der Waals surface area (Å²) >= 11 is 10.3. The molecule has 0 spiro atoms. The van der Waals surface area contributed by atoms with Crippen LogP contribution in [0.5, 0.6) is 0 Å². The highest BCUT2D eigenvalue weighted by atomic mass is 79.9. The first kappa shape index (κ1) is 12.0. The predicted molar refractivity (Wildman–Crippen MR) is 74.4 cm³/mol. The summed E-state index contributed by atoms with van der Waals surface area (Å²) in [7, 11) is 0. The van der Waals surface area contributed by atoms with Gasteiger partial charge in [-0.3, -0.25) is 0 Å². The highest BCUT2D eigenvalue weighted by Crippen LogP contribution is 2.29. The molecule has 0 unspecified atom stereocenters. The first-order valence-corrected chi connectivity index (χ1v) is 7.07. The first-order valence-electron chi connectivity index (χ1n) is 5.05. The summed E-state index contributed by atoms with van der Waals surface area (Å²) in [5.41, 5.74) is 1.15. The fraction of sp³-hybridized carbons (Fsp3) is 0.273. The van der Waals surface area contributed by atoms with Crippen molar-refractivity contribution in [1.82, 2.24) is 9.97 Å². The van der Waals surface area contributed by atoms with Crippen molar-refractivity contribution < 1.29 is 0 Å². The van der Waals surface area contributed by atoms with Crippen LogP contribution in [0, 0.1) is 4.64 Å². The molecule has 2 rings (SSSR count). The van der Waals surface area contributed by atoms with E-state index in [9.17, 15) is 0 Å². The van der Waals surface area contributed by atoms with Crippen molar-refractivity contribution in [3.05, 3.63) is 32.3 Å². The summed E-state index contributed by atoms with van der Waals surface area (Å²) in [4.78, 5) is 8.78. The number of halogens is 1. The molecule has 0 aliphatic rings. The lowest BCUT2D eigenvalue weighted by Gasteiger charge is -2.02. The molecule has 84 valence electrons. The molecule has 0 aliphatic carbocycles. The van der Waals surface area contributed by atoms with Crippen molar-refractivity contribution in [3.63, 3.8) is 0 Å². The van der Waals surface area contributed by atoms with Crippen molar-refractivity contribution in [3.8, 4) is 10.7 Å². The number of nitrogens with zero attached hydrogens (tertiary/aromatic N) is 1. The standard InChI is InChI=1S/C11H11BrN2S2/c1-2-3-7-6-10(15)14-11(13-7)8-4-5-9(12)16-8/h4-6H,2-3H2,1H3,(H,13,14,15). The molecule has 16 heavy (non-hydrogen) atoms. The molecule has 0 bridgehead atoms. The Kier molecular flexibility index (Phi) is 3.89. The second-order valence-corrected chi connectivity index (χ2v) is 6.33. The van der Waals surface area contributed by atoms with Crippen LogP contribution in [-0.4, -0.2) is 9.97 Å². The minimum absolute atomic E-state index is 0.654. The number of aromatic nitrogens is 2. The van der Waals surface area contributed by atoms with Gasteiger partial charge in [-0.15, -0.1) is 11.3 Å². The zero-order valence-electron chi connectivity index (χ0n) is 8.79. The van der Waals surface area contributed by atoms with Gasteiger partial charge in [-0.2, -0.15) is 0 Å². The van der Waals surface area contributed by atoms with Crippen LogP contribution in [0.1, 0.15) is 19.0 Å². The van der Waals surface area contributed by atoms with Gasteiger partial charge in [0.25, 0.3) is 0 Å². The number of thiophene rings is 1. The molecule has 0 fully saturated rings. The van der Waals surface area contributed by atoms with Gasteiger partial charge in [-0.05, 0) is 40.5 Å². The summed E-state index contributed by atoms with van der Waals surface area (Å²) in [5.74, 6) is 0.867. The molecule has 5 heteroatoms. The Morgan fingerprint density at radius 2 is 2.31 bits per heavy atom. The Balaban J connectivity index is 2.44. The maximum absolute atomic E-state index is 5.17. The summed E-state index contributed by atoms with van der Waals surface area (Å²) in [6.45, 7) is 2.15. The maximum atomic E-state index is 5.17. The topological polar surface area (TPSA) is 28.7 Å². The van der Waals surface area contributed by atoms with E-state index in [1.54, 1.807) is 11.3 Å². The van der Waals surface area contributed by atoms with E-state index in [-0.39, 0.29) is 0 Å². The van der Waals surface area contributed by atoms with E-state index in [2.05, 4.69) is 32.8 Å². The number of hydrogen-bond acceptors (Lipinski definition) is 3. The lowest BCUT2D eigenvalue weighted by molar-refractivity contribution is 0.874. The predicted octanol–water partition coefficient (Wildman–Crippen LogP) is 4.58. The summed E-state index contributed by atoms with van der Waals surface area (Å²) in [6.07, 6.45) is 2.11. The van der Waals surface area contributed by atoms with Crippen LogP contribution >= 0.6 is 39.5 Å². The van der Waals surface area contributed by atoms with E-state index in [1.165, 1.54) is 0 Å². The Bertz CT molecular complexity index is 545. The zero-order valence-corrected chi connectivity index (χ0v) is 12.0. The molecule has 0 aliphatic heterocycles. The van der Waals surface area contributed by atoms with Gasteiger partial charge in [0.2, 0.25) is 0 Å². The van der Waals surface area contributed by atoms with Crippen LogP contribution in [0.3, 0.4) is 0 Å². The first-order chi connectivity index (χ1) is 7.69. The van der Waals surface area contributed by atoms with Gasteiger partial charge in [-0.1, -0.05) is 25.6 Å². The normalized spacial score (nSPS) is 10.6. The molecular weight excluding hydrogens is 304 g/mol. The van der Waals surface area contributed by atoms with Crippen LogP contribution in [0.15, 0.2) is 22.0 Å². The smallest absolute Gasteiger partial charge is 0.149 e. The zero-order chi connectivity index (χ0) is 11.5. The van der Waals surface area contributed by atoms with Crippen molar-refractivity contribution in [2.24, 2.45) is 0 Å². The van der Waals surface area contributed by atoms with E-state index in [0.29, 0.717) is 4.64 Å². The number of rotatable bonds is 3. The van der Waals surface area contributed by atoms with Crippen LogP contribution in [0.2, 0.25) is 0 Å². The minimum atomic E-state index is 0.654. The molecule has 0 amide bonds. The van der Waals surface area contributed by atoms with Gasteiger partial charge in [0.15, 0.2) is 0 Å². The van der Waals surface area contributed by atoms with Crippen molar-refractivity contribution in [2.75, 3.05) is 0 Å². The van der Waals surface area contributed by atoms with Crippen molar-refractivity contribution in [2.45, 2.75) is 19.8 Å². The van der Waals surface area contributed by atoms with Gasteiger partial charge >= 0.3 is 0 Å². The van der Waals surface area contributed by atoms with Crippen LogP contribution in [0.4, 0.5) is 0 Å². The maximum Gasteiger partial charge on any atom is 0.149 e. The van der Waals surface area contributed by atoms with Gasteiger partial charge in [0.1, 0.15) is 10.5 Å². The number of hydrogen-bond donors (Lipinski definition) is 1. The van der Waals surface area contributed by atoms with Gasteiger partial charge in [0, 0.05) is 5.69 Å². The molecule has 0 aromatic carbocycles. The van der Waals surface area contributed by atoms with E-state index < -0.39 is 0 Å². The van der Waals surface area contributed by atoms with Gasteiger partial charge in [0.05, 0.1) is 8.66 Å². The largest absolute Gasteiger partial charge is 0.342 e. The molecule has 2 aromatic heterocycles. The second-order valence-electron chi connectivity index (χ2n) is 3.45. The lowest BCUT2D eigenvalue weighted by Crippen LogP contribution is -1.94. The van der Waals surface area contributed by atoms with E-state index in [1.807, 2.05) is 18.2 Å². The average Bonchev–Trinajstić information content (AvgIpc) is 2.64. The van der Waals surface area contributed by atoms with Crippen molar-refractivity contribution in [1.29, 1.82) is 0 Å². The third kappa shape index (κ3) is 2.78. The van der Waals surface area contributed by atoms with E-state index in [0.717, 1.165) is 33.0 Å². The number of nitrogens with one attached hydrogen (secondary N) is 1. The molecule has 2 nitrogen and oxygen atoms in total. The molecule has 0 atom stereocenters. The number of aryl methyl sites for hydroxylation is 1. The van der Waals surface area contributed by atoms with E-state index in [4.69, 9.17) is 12.2 Å². The Morgan fingerprint density at radius 1 is 1.50 bits per heavy atom. The Morgan fingerprint density at radius 3 is 2.94 bits per heavy atom. The third-order valence-electron chi connectivity index (χ3n) is 2.12. The third-order valence-corrected chi connectivity index (χ3v) is 3.96. The fourth-order valence-electron chi connectivity index (χ4n) is 1.47. The summed E-state index contributed by atoms with van der Waals surface area (Å²) in [6, 6.07) is 5.99. The molecule has 2 aromatic rings. The van der Waals surface area contributed by atoms with Crippen LogP contribution in [-0.2, 0) is 6.42 Å². The minimum Gasteiger partial charge on any atom is -0.342 e.